The Morgan fingerprint density at radius 1 is 1.28 bits per heavy atom. The van der Waals surface area contributed by atoms with Crippen molar-refractivity contribution in [2.75, 3.05) is 0 Å². The predicted octanol–water partition coefficient (Wildman–Crippen LogP) is 2.42. The molecular weight excluding hydrogens is 228 g/mol. The molecule has 1 unspecified atom stereocenters. The lowest BCUT2D eigenvalue weighted by atomic mass is 9.84. The summed E-state index contributed by atoms with van der Waals surface area (Å²) in [5, 5.41) is 0. The standard InChI is InChI=1S/C15H18O3/c1-7-6-8(2)13-12(7)11(16)5-4-10-9(3)15(17)18-14(10)13/h6,9-10,12,14H,4-5H2,1-3H3/t9-,10?,12-,14+/m1/s1. The Morgan fingerprint density at radius 2 is 2.00 bits per heavy atom. The van der Waals surface area contributed by atoms with E-state index >= 15 is 0 Å². The maximum Gasteiger partial charge on any atom is 0.309 e. The molecular formula is C15H18O3. The van der Waals surface area contributed by atoms with E-state index in [9.17, 15) is 9.59 Å². The van der Waals surface area contributed by atoms with E-state index in [1.807, 2.05) is 20.8 Å². The van der Waals surface area contributed by atoms with E-state index in [2.05, 4.69) is 6.08 Å². The highest BCUT2D eigenvalue weighted by molar-refractivity contribution is 5.90. The van der Waals surface area contributed by atoms with Crippen LogP contribution in [0.3, 0.4) is 0 Å². The first-order valence-electron chi connectivity index (χ1n) is 6.62. The highest BCUT2D eigenvalue weighted by atomic mass is 16.6. The number of carbonyl (C=O) groups excluding carboxylic acids is 2. The molecule has 1 saturated heterocycles. The van der Waals surface area contributed by atoms with Crippen molar-refractivity contribution in [2.24, 2.45) is 17.8 Å². The van der Waals surface area contributed by atoms with Crippen LogP contribution in [0, 0.1) is 17.8 Å². The van der Waals surface area contributed by atoms with Gasteiger partial charge in [0.1, 0.15) is 11.9 Å². The number of hydrogen-bond acceptors (Lipinski definition) is 3. The summed E-state index contributed by atoms with van der Waals surface area (Å²) in [6.07, 6.45) is 3.24. The third-order valence-corrected chi connectivity index (χ3v) is 4.66. The Balaban J connectivity index is 2.07. The van der Waals surface area contributed by atoms with Gasteiger partial charge in [-0.15, -0.1) is 0 Å². The zero-order chi connectivity index (χ0) is 13.0. The van der Waals surface area contributed by atoms with Gasteiger partial charge in [0.25, 0.3) is 0 Å². The van der Waals surface area contributed by atoms with Crippen molar-refractivity contribution in [3.8, 4) is 0 Å². The minimum atomic E-state index is -0.169. The van der Waals surface area contributed by atoms with Crippen LogP contribution < -0.4 is 0 Å². The topological polar surface area (TPSA) is 43.4 Å². The third-order valence-electron chi connectivity index (χ3n) is 4.66. The number of esters is 1. The van der Waals surface area contributed by atoms with E-state index in [0.717, 1.165) is 23.1 Å². The van der Waals surface area contributed by atoms with Crippen molar-refractivity contribution < 1.29 is 14.3 Å². The summed E-state index contributed by atoms with van der Waals surface area (Å²) in [4.78, 5) is 24.0. The van der Waals surface area contributed by atoms with Crippen molar-refractivity contribution >= 4 is 11.8 Å². The zero-order valence-electron chi connectivity index (χ0n) is 11.0. The minimum Gasteiger partial charge on any atom is -0.457 e. The molecule has 96 valence electrons. The van der Waals surface area contributed by atoms with Gasteiger partial charge in [-0.2, -0.15) is 0 Å². The molecule has 3 heteroatoms. The lowest BCUT2D eigenvalue weighted by Gasteiger charge is -2.21. The van der Waals surface area contributed by atoms with Gasteiger partial charge in [0.15, 0.2) is 0 Å². The largest absolute Gasteiger partial charge is 0.457 e. The average Bonchev–Trinajstić information content (AvgIpc) is 2.68. The summed E-state index contributed by atoms with van der Waals surface area (Å²) in [5.41, 5.74) is 3.27. The molecule has 3 nitrogen and oxygen atoms in total. The van der Waals surface area contributed by atoms with E-state index in [0.29, 0.717) is 6.42 Å². The summed E-state index contributed by atoms with van der Waals surface area (Å²) >= 11 is 0. The molecule has 2 aliphatic carbocycles. The Bertz CT molecular complexity index is 498. The first-order chi connectivity index (χ1) is 8.50. The van der Waals surface area contributed by atoms with Crippen LogP contribution in [0.1, 0.15) is 33.6 Å². The molecule has 1 heterocycles. The van der Waals surface area contributed by atoms with E-state index in [1.165, 1.54) is 0 Å². The molecule has 0 amide bonds. The van der Waals surface area contributed by atoms with Gasteiger partial charge in [-0.25, -0.2) is 0 Å². The molecule has 0 aromatic heterocycles. The van der Waals surface area contributed by atoms with Gasteiger partial charge in [-0.05, 0) is 31.4 Å². The van der Waals surface area contributed by atoms with Crippen LogP contribution >= 0.6 is 0 Å². The zero-order valence-corrected chi connectivity index (χ0v) is 11.0. The first-order valence-corrected chi connectivity index (χ1v) is 6.62. The number of fused-ring (bicyclic) bond motifs is 3. The molecule has 2 fully saturated rings. The van der Waals surface area contributed by atoms with E-state index in [-0.39, 0.29) is 35.6 Å². The lowest BCUT2D eigenvalue weighted by molar-refractivity contribution is -0.143. The second-order valence-corrected chi connectivity index (χ2v) is 5.77. The summed E-state index contributed by atoms with van der Waals surface area (Å²) in [6.45, 7) is 5.94. The minimum absolute atomic E-state index is 0.0808. The summed E-state index contributed by atoms with van der Waals surface area (Å²) in [6, 6.07) is 0. The molecule has 0 N–H and O–H groups in total. The SMILES string of the molecule is CC1=CC(C)=C2[C@H]1C(=O)CCC1[C@@H]2OC(=O)[C@@H]1C. The van der Waals surface area contributed by atoms with Gasteiger partial charge in [0.2, 0.25) is 0 Å². The highest BCUT2D eigenvalue weighted by Gasteiger charge is 2.49. The third kappa shape index (κ3) is 1.43. The molecule has 4 atom stereocenters. The molecule has 0 spiro atoms. The van der Waals surface area contributed by atoms with E-state index in [4.69, 9.17) is 4.74 Å². The second-order valence-electron chi connectivity index (χ2n) is 5.77. The van der Waals surface area contributed by atoms with Crippen molar-refractivity contribution in [3.63, 3.8) is 0 Å². The number of hydrogen-bond donors (Lipinski definition) is 0. The van der Waals surface area contributed by atoms with Gasteiger partial charge in [-0.3, -0.25) is 9.59 Å². The monoisotopic (exact) mass is 246 g/mol. The van der Waals surface area contributed by atoms with Gasteiger partial charge < -0.3 is 4.74 Å². The van der Waals surface area contributed by atoms with Crippen LogP contribution in [0.5, 0.6) is 0 Å². The molecule has 3 rings (SSSR count). The smallest absolute Gasteiger partial charge is 0.309 e. The number of rotatable bonds is 0. The second kappa shape index (κ2) is 3.81. The molecule has 0 aromatic rings. The molecule has 3 aliphatic rings. The molecule has 0 radical (unpaired) electrons. The molecule has 0 aromatic carbocycles. The Labute approximate surface area is 107 Å². The molecule has 0 bridgehead atoms. The summed E-state index contributed by atoms with van der Waals surface area (Å²) in [7, 11) is 0. The Morgan fingerprint density at radius 3 is 2.72 bits per heavy atom. The summed E-state index contributed by atoms with van der Waals surface area (Å²) in [5.74, 6) is 0.146. The fourth-order valence-electron chi connectivity index (χ4n) is 3.70. The first kappa shape index (κ1) is 11.7. The molecule has 1 aliphatic heterocycles. The predicted molar refractivity (Wildman–Crippen MR) is 66.7 cm³/mol. The number of Topliss-reactive ketones (excluding diaryl/α,β-unsaturated/α-hetero) is 1. The van der Waals surface area contributed by atoms with Crippen LogP contribution in [0.25, 0.3) is 0 Å². The maximum absolute atomic E-state index is 12.3. The Kier molecular flexibility index (Phi) is 2.47. The van der Waals surface area contributed by atoms with Crippen molar-refractivity contribution in [1.29, 1.82) is 0 Å². The lowest BCUT2D eigenvalue weighted by Crippen LogP contribution is -2.24. The molecule has 1 saturated carbocycles. The normalized spacial score (nSPS) is 39.2. The summed E-state index contributed by atoms with van der Waals surface area (Å²) < 4.78 is 5.56. The maximum atomic E-state index is 12.3. The fraction of sp³-hybridized carbons (Fsp3) is 0.600. The van der Waals surface area contributed by atoms with E-state index < -0.39 is 0 Å². The Hall–Kier alpha value is -1.38. The number of allylic oxidation sites excluding steroid dienone is 3. The van der Waals surface area contributed by atoms with Gasteiger partial charge >= 0.3 is 5.97 Å². The van der Waals surface area contributed by atoms with E-state index in [1.54, 1.807) is 0 Å². The van der Waals surface area contributed by atoms with Crippen LogP contribution in [-0.2, 0) is 14.3 Å². The van der Waals surface area contributed by atoms with Crippen LogP contribution in [0.15, 0.2) is 22.8 Å². The van der Waals surface area contributed by atoms with Gasteiger partial charge in [0.05, 0.1) is 11.8 Å². The number of ketones is 1. The van der Waals surface area contributed by atoms with Crippen LogP contribution in [0.4, 0.5) is 0 Å². The van der Waals surface area contributed by atoms with Gasteiger partial charge in [-0.1, -0.05) is 18.6 Å². The van der Waals surface area contributed by atoms with Crippen molar-refractivity contribution in [1.82, 2.24) is 0 Å². The van der Waals surface area contributed by atoms with Crippen molar-refractivity contribution in [2.45, 2.75) is 39.7 Å². The number of ether oxygens (including phenoxy) is 1. The number of carbonyl (C=O) groups is 2. The van der Waals surface area contributed by atoms with Crippen LogP contribution in [-0.4, -0.2) is 17.9 Å². The van der Waals surface area contributed by atoms with Gasteiger partial charge in [0, 0.05) is 12.3 Å². The fourth-order valence-corrected chi connectivity index (χ4v) is 3.70. The quantitative estimate of drug-likeness (QED) is 0.616. The molecule has 18 heavy (non-hydrogen) atoms. The van der Waals surface area contributed by atoms with Crippen LogP contribution in [0.2, 0.25) is 0 Å². The average molecular weight is 246 g/mol. The highest BCUT2D eigenvalue weighted by Crippen LogP contribution is 2.46. The van der Waals surface area contributed by atoms with Crippen molar-refractivity contribution in [3.05, 3.63) is 22.8 Å².